The van der Waals surface area contributed by atoms with Gasteiger partial charge in [-0.25, -0.2) is 10.9 Å². The van der Waals surface area contributed by atoms with Crippen LogP contribution in [0.2, 0.25) is 0 Å². The first-order valence-corrected chi connectivity index (χ1v) is 5.81. The molecule has 0 aliphatic heterocycles. The summed E-state index contributed by atoms with van der Waals surface area (Å²) >= 11 is 0. The maximum Gasteiger partial charge on any atom is 0.230 e. The number of rotatable bonds is 4. The lowest BCUT2D eigenvalue weighted by Gasteiger charge is -2.00. The zero-order valence-corrected chi connectivity index (χ0v) is 11.8. The number of hydrogen-bond donors (Lipinski definition) is 3. The monoisotopic (exact) mass is 303 g/mol. The fourth-order valence-corrected chi connectivity index (χ4v) is 1.27. The Morgan fingerprint density at radius 2 is 1.24 bits per heavy atom. The normalized spacial score (nSPS) is 10.3. The summed E-state index contributed by atoms with van der Waals surface area (Å²) in [7, 11) is 0. The van der Waals surface area contributed by atoms with Crippen molar-refractivity contribution >= 4 is 30.8 Å². The zero-order chi connectivity index (χ0) is 14.0. The lowest BCUT2D eigenvalue weighted by Crippen LogP contribution is -2.29. The Kier molecular flexibility index (Phi) is 7.09. The number of halogens is 1. The summed E-state index contributed by atoms with van der Waals surface area (Å²) in [5.41, 5.74) is 6.80. The lowest BCUT2D eigenvalue weighted by molar-refractivity contribution is 0.893. The standard InChI is InChI=1S/C13H13N7.ClH/c14-13(19-17-9-11-1-5-15-6-2-11)20-18-10-12-3-7-16-8-4-12;/h1-10H,(H3,14,19,20);1H. The number of nitrogens with zero attached hydrogens (tertiary/aromatic N) is 4. The summed E-state index contributed by atoms with van der Waals surface area (Å²) in [6, 6.07) is 7.24. The molecule has 8 heteroatoms. The van der Waals surface area contributed by atoms with Crippen molar-refractivity contribution in [3.05, 3.63) is 60.2 Å². The van der Waals surface area contributed by atoms with Gasteiger partial charge in [0.25, 0.3) is 0 Å². The van der Waals surface area contributed by atoms with Crippen molar-refractivity contribution in [1.82, 2.24) is 20.8 Å². The van der Waals surface area contributed by atoms with Crippen molar-refractivity contribution in [2.75, 3.05) is 0 Å². The minimum absolute atomic E-state index is 0. The van der Waals surface area contributed by atoms with Crippen molar-refractivity contribution in [3.8, 4) is 0 Å². The molecule has 2 heterocycles. The number of hydrogen-bond acceptors (Lipinski definition) is 5. The molecule has 0 aliphatic rings. The van der Waals surface area contributed by atoms with E-state index in [-0.39, 0.29) is 18.4 Å². The second-order valence-corrected chi connectivity index (χ2v) is 3.68. The van der Waals surface area contributed by atoms with Gasteiger partial charge in [0, 0.05) is 24.8 Å². The Morgan fingerprint density at radius 1 is 0.857 bits per heavy atom. The molecule has 0 radical (unpaired) electrons. The molecular formula is C13H14ClN7. The average molecular weight is 304 g/mol. The van der Waals surface area contributed by atoms with Crippen LogP contribution in [0.4, 0.5) is 0 Å². The Bertz CT molecular complexity index is 545. The summed E-state index contributed by atoms with van der Waals surface area (Å²) in [6.45, 7) is 0. The molecule has 0 saturated carbocycles. The third kappa shape index (κ3) is 6.26. The highest BCUT2D eigenvalue weighted by Gasteiger charge is 1.90. The van der Waals surface area contributed by atoms with Gasteiger partial charge in [0.05, 0.1) is 12.4 Å². The molecule has 0 atom stereocenters. The fourth-order valence-electron chi connectivity index (χ4n) is 1.27. The third-order valence-electron chi connectivity index (χ3n) is 2.19. The predicted molar refractivity (Wildman–Crippen MR) is 84.9 cm³/mol. The third-order valence-corrected chi connectivity index (χ3v) is 2.19. The molecule has 3 N–H and O–H groups in total. The van der Waals surface area contributed by atoms with Crippen LogP contribution in [0.5, 0.6) is 0 Å². The van der Waals surface area contributed by atoms with E-state index < -0.39 is 0 Å². The number of hydrazone groups is 2. The summed E-state index contributed by atoms with van der Waals surface area (Å²) in [4.78, 5) is 7.80. The van der Waals surface area contributed by atoms with Crippen LogP contribution in [0, 0.1) is 5.41 Å². The van der Waals surface area contributed by atoms with E-state index in [1.807, 2.05) is 24.3 Å². The first kappa shape index (κ1) is 16.3. The second-order valence-electron chi connectivity index (χ2n) is 3.68. The molecule has 108 valence electrons. The molecule has 0 unspecified atom stereocenters. The van der Waals surface area contributed by atoms with Crippen LogP contribution < -0.4 is 10.9 Å². The lowest BCUT2D eigenvalue weighted by atomic mass is 10.3. The number of pyridine rings is 2. The van der Waals surface area contributed by atoms with Gasteiger partial charge in [-0.05, 0) is 35.4 Å². The summed E-state index contributed by atoms with van der Waals surface area (Å²) < 4.78 is 0. The SMILES string of the molecule is Cl.N=C(NN=Cc1ccncc1)NN=Cc1ccncc1. The maximum atomic E-state index is 7.55. The molecule has 0 amide bonds. The minimum Gasteiger partial charge on any atom is -0.266 e. The van der Waals surface area contributed by atoms with E-state index in [1.165, 1.54) is 0 Å². The topological polar surface area (TPSA) is 98.4 Å². The minimum atomic E-state index is -0.0272. The molecule has 2 rings (SSSR count). The highest BCUT2D eigenvalue weighted by atomic mass is 35.5. The van der Waals surface area contributed by atoms with Gasteiger partial charge in [-0.2, -0.15) is 10.2 Å². The Hall–Kier alpha value is -2.80. The smallest absolute Gasteiger partial charge is 0.230 e. The van der Waals surface area contributed by atoms with E-state index in [4.69, 9.17) is 5.41 Å². The molecular weight excluding hydrogens is 290 g/mol. The highest BCUT2D eigenvalue weighted by Crippen LogP contribution is 1.90. The number of aromatic nitrogens is 2. The van der Waals surface area contributed by atoms with E-state index in [0.29, 0.717) is 0 Å². The van der Waals surface area contributed by atoms with Gasteiger partial charge >= 0.3 is 0 Å². The Labute approximate surface area is 128 Å². The van der Waals surface area contributed by atoms with Crippen molar-refractivity contribution in [3.63, 3.8) is 0 Å². The van der Waals surface area contributed by atoms with E-state index in [9.17, 15) is 0 Å². The van der Waals surface area contributed by atoms with Gasteiger partial charge in [0.1, 0.15) is 0 Å². The van der Waals surface area contributed by atoms with Crippen molar-refractivity contribution in [1.29, 1.82) is 5.41 Å². The van der Waals surface area contributed by atoms with Gasteiger partial charge in [-0.15, -0.1) is 12.4 Å². The summed E-state index contributed by atoms with van der Waals surface area (Å²) in [5, 5.41) is 15.3. The molecule has 0 aromatic carbocycles. The van der Waals surface area contributed by atoms with E-state index >= 15 is 0 Å². The molecule has 0 saturated heterocycles. The van der Waals surface area contributed by atoms with Crippen LogP contribution in [0.15, 0.2) is 59.3 Å². The molecule has 0 bridgehead atoms. The van der Waals surface area contributed by atoms with Crippen molar-refractivity contribution in [2.45, 2.75) is 0 Å². The molecule has 0 spiro atoms. The van der Waals surface area contributed by atoms with E-state index in [0.717, 1.165) is 11.1 Å². The quantitative estimate of drug-likeness (QED) is 0.451. The molecule has 2 aromatic heterocycles. The van der Waals surface area contributed by atoms with Gasteiger partial charge in [-0.1, -0.05) is 0 Å². The fraction of sp³-hybridized carbons (Fsp3) is 0. The largest absolute Gasteiger partial charge is 0.266 e. The van der Waals surface area contributed by atoms with Gasteiger partial charge in [0.15, 0.2) is 0 Å². The number of nitrogens with one attached hydrogen (secondary N) is 3. The van der Waals surface area contributed by atoms with Gasteiger partial charge < -0.3 is 0 Å². The Morgan fingerprint density at radius 3 is 1.62 bits per heavy atom. The molecule has 2 aromatic rings. The van der Waals surface area contributed by atoms with Crippen LogP contribution in [-0.2, 0) is 0 Å². The van der Waals surface area contributed by atoms with Crippen molar-refractivity contribution in [2.24, 2.45) is 10.2 Å². The Balaban J connectivity index is 0.00000220. The van der Waals surface area contributed by atoms with Crippen LogP contribution >= 0.6 is 12.4 Å². The summed E-state index contributed by atoms with van der Waals surface area (Å²) in [6.07, 6.45) is 9.86. The predicted octanol–water partition coefficient (Wildman–Crippen LogP) is 1.38. The first-order chi connectivity index (χ1) is 9.84. The number of guanidine groups is 1. The van der Waals surface area contributed by atoms with Crippen LogP contribution in [0.25, 0.3) is 0 Å². The second kappa shape index (κ2) is 9.16. The zero-order valence-electron chi connectivity index (χ0n) is 11.0. The summed E-state index contributed by atoms with van der Waals surface area (Å²) in [5.74, 6) is -0.0272. The van der Waals surface area contributed by atoms with Crippen LogP contribution in [-0.4, -0.2) is 28.4 Å². The molecule has 21 heavy (non-hydrogen) atoms. The van der Waals surface area contributed by atoms with Gasteiger partial charge in [0.2, 0.25) is 5.96 Å². The average Bonchev–Trinajstić information content (AvgIpc) is 2.49. The molecule has 0 aliphatic carbocycles. The van der Waals surface area contributed by atoms with Crippen LogP contribution in [0.1, 0.15) is 11.1 Å². The molecule has 7 nitrogen and oxygen atoms in total. The van der Waals surface area contributed by atoms with Crippen LogP contribution in [0.3, 0.4) is 0 Å². The first-order valence-electron chi connectivity index (χ1n) is 5.81. The maximum absolute atomic E-state index is 7.55. The van der Waals surface area contributed by atoms with Crippen molar-refractivity contribution < 1.29 is 0 Å². The molecule has 0 fully saturated rings. The van der Waals surface area contributed by atoms with E-state index in [1.54, 1.807) is 37.2 Å². The van der Waals surface area contributed by atoms with E-state index in [2.05, 4.69) is 31.0 Å². The van der Waals surface area contributed by atoms with Gasteiger partial charge in [-0.3, -0.25) is 15.4 Å². The highest BCUT2D eigenvalue weighted by molar-refractivity contribution is 5.85.